The lowest BCUT2D eigenvalue weighted by Gasteiger charge is -2.11. The summed E-state index contributed by atoms with van der Waals surface area (Å²) in [5, 5.41) is -0.273. The molecule has 1 N–H and O–H groups in total. The first-order chi connectivity index (χ1) is 8.47. The van der Waals surface area contributed by atoms with E-state index < -0.39 is 21.9 Å². The molecule has 0 bridgehead atoms. The van der Waals surface area contributed by atoms with E-state index in [2.05, 4.69) is 20.7 Å². The summed E-state index contributed by atoms with van der Waals surface area (Å²) in [6.07, 6.45) is 1.42. The highest BCUT2D eigenvalue weighted by Crippen LogP contribution is 2.37. The Balaban J connectivity index is 1.88. The van der Waals surface area contributed by atoms with E-state index in [1.54, 1.807) is 6.07 Å². The minimum Gasteiger partial charge on any atom is -0.491 e. The third-order valence-electron chi connectivity index (χ3n) is 3.10. The van der Waals surface area contributed by atoms with Crippen molar-refractivity contribution < 1.29 is 17.5 Å². The average molecular weight is 336 g/mol. The molecule has 98 valence electrons. The number of benzene rings is 1. The maximum Gasteiger partial charge on any atom is 0.215 e. The molecule has 2 aliphatic rings. The quantitative estimate of drug-likeness (QED) is 0.920. The van der Waals surface area contributed by atoms with Gasteiger partial charge in [0.2, 0.25) is 10.0 Å². The molecule has 0 spiro atoms. The molecule has 0 amide bonds. The van der Waals surface area contributed by atoms with Gasteiger partial charge >= 0.3 is 0 Å². The molecule has 1 aromatic carbocycles. The Labute approximate surface area is 113 Å². The molecule has 4 nitrogen and oxygen atoms in total. The van der Waals surface area contributed by atoms with E-state index in [-0.39, 0.29) is 11.9 Å². The van der Waals surface area contributed by atoms with E-state index in [9.17, 15) is 12.8 Å². The normalized spacial score (nSPS) is 22.7. The van der Waals surface area contributed by atoms with Gasteiger partial charge in [-0.25, -0.2) is 17.5 Å². The predicted molar refractivity (Wildman–Crippen MR) is 67.4 cm³/mol. The van der Waals surface area contributed by atoms with Crippen molar-refractivity contribution in [1.82, 2.24) is 4.72 Å². The summed E-state index contributed by atoms with van der Waals surface area (Å²) >= 11 is 3.09. The summed E-state index contributed by atoms with van der Waals surface area (Å²) in [5.74, 6) is -0.0151. The van der Waals surface area contributed by atoms with Crippen LogP contribution in [0.4, 0.5) is 4.39 Å². The number of sulfonamides is 1. The molecule has 1 fully saturated rings. The SMILES string of the molecule is O=S(=O)(NC1COc2cc(F)c(Br)cc21)C1CC1. The van der Waals surface area contributed by atoms with Crippen LogP contribution in [-0.2, 0) is 10.0 Å². The predicted octanol–water partition coefficient (Wildman–Crippen LogP) is 2.10. The third kappa shape index (κ3) is 2.15. The Kier molecular flexibility index (Phi) is 2.87. The highest BCUT2D eigenvalue weighted by Gasteiger charge is 2.39. The van der Waals surface area contributed by atoms with Crippen LogP contribution in [0.5, 0.6) is 5.75 Å². The van der Waals surface area contributed by atoms with Crippen LogP contribution in [-0.4, -0.2) is 20.3 Å². The van der Waals surface area contributed by atoms with Gasteiger partial charge in [-0.3, -0.25) is 0 Å². The van der Waals surface area contributed by atoms with Crippen molar-refractivity contribution in [3.8, 4) is 5.75 Å². The fourth-order valence-electron chi connectivity index (χ4n) is 1.97. The first-order valence-corrected chi connectivity index (χ1v) is 7.94. The third-order valence-corrected chi connectivity index (χ3v) is 5.67. The van der Waals surface area contributed by atoms with Gasteiger partial charge in [-0.2, -0.15) is 0 Å². The van der Waals surface area contributed by atoms with E-state index in [1.165, 1.54) is 6.07 Å². The minimum absolute atomic E-state index is 0.206. The second-order valence-corrected chi connectivity index (χ2v) is 7.38. The monoisotopic (exact) mass is 335 g/mol. The van der Waals surface area contributed by atoms with E-state index in [1.807, 2.05) is 0 Å². The van der Waals surface area contributed by atoms with Gasteiger partial charge in [-0.1, -0.05) is 0 Å². The van der Waals surface area contributed by atoms with Gasteiger partial charge in [0.15, 0.2) is 0 Å². The molecule has 1 heterocycles. The number of ether oxygens (including phenoxy) is 1. The summed E-state index contributed by atoms with van der Waals surface area (Å²) in [4.78, 5) is 0. The van der Waals surface area contributed by atoms with Crippen molar-refractivity contribution in [1.29, 1.82) is 0 Å². The minimum atomic E-state index is -3.28. The van der Waals surface area contributed by atoms with Crippen molar-refractivity contribution in [2.75, 3.05) is 6.61 Å². The summed E-state index contributed by atoms with van der Waals surface area (Å²) in [7, 11) is -3.28. The van der Waals surface area contributed by atoms with Gasteiger partial charge in [0.1, 0.15) is 18.2 Å². The highest BCUT2D eigenvalue weighted by atomic mass is 79.9. The number of hydrogen-bond donors (Lipinski definition) is 1. The zero-order chi connectivity index (χ0) is 12.9. The number of fused-ring (bicyclic) bond motifs is 1. The first kappa shape index (κ1) is 12.4. The van der Waals surface area contributed by atoms with Crippen molar-refractivity contribution in [3.63, 3.8) is 0 Å². The lowest BCUT2D eigenvalue weighted by Crippen LogP contribution is -2.32. The summed E-state index contributed by atoms with van der Waals surface area (Å²) in [6, 6.07) is 2.41. The van der Waals surface area contributed by atoms with Crippen LogP contribution in [0.2, 0.25) is 0 Å². The zero-order valence-corrected chi connectivity index (χ0v) is 11.7. The fraction of sp³-hybridized carbons (Fsp3) is 0.455. The van der Waals surface area contributed by atoms with Crippen LogP contribution in [0.25, 0.3) is 0 Å². The molecule has 1 aliphatic carbocycles. The Bertz CT molecular complexity index is 601. The molecule has 0 radical (unpaired) electrons. The Hall–Kier alpha value is -0.660. The molecule has 3 rings (SSSR count). The second kappa shape index (κ2) is 4.18. The van der Waals surface area contributed by atoms with Crippen molar-refractivity contribution >= 4 is 26.0 Å². The standard InChI is InChI=1S/C11H11BrFNO3S/c12-8-3-7-10(5-17-11(7)4-9(8)13)14-18(15,16)6-1-2-6/h3-4,6,10,14H,1-2,5H2. The molecule has 0 aromatic heterocycles. The Morgan fingerprint density at radius 1 is 1.39 bits per heavy atom. The second-order valence-electron chi connectivity index (χ2n) is 4.53. The molecule has 1 atom stereocenters. The van der Waals surface area contributed by atoms with E-state index >= 15 is 0 Å². The molecule has 7 heteroatoms. The highest BCUT2D eigenvalue weighted by molar-refractivity contribution is 9.10. The lowest BCUT2D eigenvalue weighted by atomic mass is 10.1. The molecular weight excluding hydrogens is 325 g/mol. The molecule has 1 unspecified atom stereocenters. The largest absolute Gasteiger partial charge is 0.491 e. The van der Waals surface area contributed by atoms with Crippen LogP contribution in [0.1, 0.15) is 24.4 Å². The Morgan fingerprint density at radius 2 is 2.11 bits per heavy atom. The summed E-state index contributed by atoms with van der Waals surface area (Å²) < 4.78 is 45.3. The van der Waals surface area contributed by atoms with E-state index in [0.29, 0.717) is 28.6 Å². The molecule has 18 heavy (non-hydrogen) atoms. The van der Waals surface area contributed by atoms with Crippen LogP contribution in [0.15, 0.2) is 16.6 Å². The van der Waals surface area contributed by atoms with Gasteiger partial charge in [0.25, 0.3) is 0 Å². The zero-order valence-electron chi connectivity index (χ0n) is 9.32. The Morgan fingerprint density at radius 3 is 2.78 bits per heavy atom. The molecule has 1 aliphatic heterocycles. The van der Waals surface area contributed by atoms with E-state index in [0.717, 1.165) is 0 Å². The van der Waals surface area contributed by atoms with Gasteiger partial charge in [-0.15, -0.1) is 0 Å². The smallest absolute Gasteiger partial charge is 0.215 e. The number of nitrogens with one attached hydrogen (secondary N) is 1. The van der Waals surface area contributed by atoms with Gasteiger partial charge in [-0.05, 0) is 34.8 Å². The number of rotatable bonds is 3. The maximum absolute atomic E-state index is 13.3. The molecule has 1 aromatic rings. The molecule has 0 saturated heterocycles. The summed E-state index contributed by atoms with van der Waals surface area (Å²) in [5.41, 5.74) is 0.674. The van der Waals surface area contributed by atoms with Crippen LogP contribution >= 0.6 is 15.9 Å². The van der Waals surface area contributed by atoms with Crippen molar-refractivity contribution in [3.05, 3.63) is 28.0 Å². The maximum atomic E-state index is 13.3. The van der Waals surface area contributed by atoms with Crippen LogP contribution < -0.4 is 9.46 Å². The molecule has 1 saturated carbocycles. The van der Waals surface area contributed by atoms with Crippen LogP contribution in [0, 0.1) is 5.82 Å². The number of hydrogen-bond acceptors (Lipinski definition) is 3. The van der Waals surface area contributed by atoms with Crippen molar-refractivity contribution in [2.45, 2.75) is 24.1 Å². The van der Waals surface area contributed by atoms with E-state index in [4.69, 9.17) is 4.74 Å². The fourth-order valence-corrected chi connectivity index (χ4v) is 3.88. The van der Waals surface area contributed by atoms with Gasteiger partial charge in [0, 0.05) is 11.6 Å². The first-order valence-electron chi connectivity index (χ1n) is 5.60. The number of halogens is 2. The average Bonchev–Trinajstić information content (AvgIpc) is 3.08. The van der Waals surface area contributed by atoms with Gasteiger partial charge < -0.3 is 4.74 Å². The topological polar surface area (TPSA) is 55.4 Å². The summed E-state index contributed by atoms with van der Waals surface area (Å²) in [6.45, 7) is 0.206. The lowest BCUT2D eigenvalue weighted by molar-refractivity contribution is 0.324. The van der Waals surface area contributed by atoms with Gasteiger partial charge in [0.05, 0.1) is 15.8 Å². The van der Waals surface area contributed by atoms with Crippen LogP contribution in [0.3, 0.4) is 0 Å². The van der Waals surface area contributed by atoms with Crippen molar-refractivity contribution in [2.24, 2.45) is 0 Å². The molecular formula is C11H11BrFNO3S.